The van der Waals surface area contributed by atoms with Gasteiger partial charge in [-0.25, -0.2) is 0 Å². The van der Waals surface area contributed by atoms with Gasteiger partial charge in [0.15, 0.2) is 5.78 Å². The van der Waals surface area contributed by atoms with Gasteiger partial charge in [0, 0.05) is 16.7 Å². The standard InChI is InChI=1S/C19H17NO2/c1-14-5-9-18(10-6-14)19(22)20-13-3-4-16-7-11-17(12-8-16)15(2)21/h5-12H,13H2,1-2H3,(H,20,22). The Bertz CT molecular complexity index is 732. The van der Waals surface area contributed by atoms with E-state index in [-0.39, 0.29) is 18.2 Å². The molecule has 22 heavy (non-hydrogen) atoms. The van der Waals surface area contributed by atoms with E-state index in [1.54, 1.807) is 36.4 Å². The van der Waals surface area contributed by atoms with Gasteiger partial charge < -0.3 is 5.32 Å². The van der Waals surface area contributed by atoms with Gasteiger partial charge in [-0.05, 0) is 38.1 Å². The number of amides is 1. The predicted molar refractivity (Wildman–Crippen MR) is 86.8 cm³/mol. The first kappa shape index (κ1) is 15.5. The number of carbonyl (C=O) groups excluding carboxylic acids is 2. The molecule has 0 aliphatic heterocycles. The molecule has 2 rings (SSSR count). The quantitative estimate of drug-likeness (QED) is 0.698. The molecule has 0 aromatic heterocycles. The molecule has 0 saturated carbocycles. The summed E-state index contributed by atoms with van der Waals surface area (Å²) in [6.07, 6.45) is 0. The van der Waals surface area contributed by atoms with Crippen molar-refractivity contribution in [2.24, 2.45) is 0 Å². The number of aryl methyl sites for hydroxylation is 1. The van der Waals surface area contributed by atoms with E-state index in [1.807, 2.05) is 19.1 Å². The first-order chi connectivity index (χ1) is 10.6. The van der Waals surface area contributed by atoms with Crippen molar-refractivity contribution in [1.82, 2.24) is 5.32 Å². The van der Waals surface area contributed by atoms with E-state index in [1.165, 1.54) is 6.92 Å². The topological polar surface area (TPSA) is 46.2 Å². The Balaban J connectivity index is 1.89. The fraction of sp³-hybridized carbons (Fsp3) is 0.158. The SMILES string of the molecule is CC(=O)c1ccc(C#CCNC(=O)c2ccc(C)cc2)cc1. The third-order valence-electron chi connectivity index (χ3n) is 3.18. The van der Waals surface area contributed by atoms with Crippen molar-refractivity contribution in [2.45, 2.75) is 13.8 Å². The molecule has 2 aromatic rings. The number of hydrogen-bond acceptors (Lipinski definition) is 2. The van der Waals surface area contributed by atoms with Gasteiger partial charge in [0.05, 0.1) is 6.54 Å². The van der Waals surface area contributed by atoms with Gasteiger partial charge in [-0.3, -0.25) is 9.59 Å². The third-order valence-corrected chi connectivity index (χ3v) is 3.18. The molecule has 1 N–H and O–H groups in total. The minimum absolute atomic E-state index is 0.0323. The Hall–Kier alpha value is -2.86. The zero-order valence-corrected chi connectivity index (χ0v) is 12.6. The van der Waals surface area contributed by atoms with E-state index >= 15 is 0 Å². The highest BCUT2D eigenvalue weighted by molar-refractivity contribution is 5.94. The molecule has 0 saturated heterocycles. The van der Waals surface area contributed by atoms with Crippen LogP contribution < -0.4 is 5.32 Å². The molecular weight excluding hydrogens is 274 g/mol. The highest BCUT2D eigenvalue weighted by atomic mass is 16.1. The lowest BCUT2D eigenvalue weighted by atomic mass is 10.1. The fourth-order valence-corrected chi connectivity index (χ4v) is 1.87. The summed E-state index contributed by atoms with van der Waals surface area (Å²) in [7, 11) is 0. The second-order valence-corrected chi connectivity index (χ2v) is 4.98. The Morgan fingerprint density at radius 3 is 2.14 bits per heavy atom. The molecule has 110 valence electrons. The number of hydrogen-bond donors (Lipinski definition) is 1. The molecule has 0 atom stereocenters. The van der Waals surface area contributed by atoms with Crippen molar-refractivity contribution in [3.8, 4) is 11.8 Å². The van der Waals surface area contributed by atoms with Crippen LogP contribution in [0.25, 0.3) is 0 Å². The van der Waals surface area contributed by atoms with Crippen molar-refractivity contribution in [3.63, 3.8) is 0 Å². The zero-order valence-electron chi connectivity index (χ0n) is 12.6. The van der Waals surface area contributed by atoms with E-state index in [9.17, 15) is 9.59 Å². The van der Waals surface area contributed by atoms with E-state index in [0.29, 0.717) is 11.1 Å². The monoisotopic (exact) mass is 291 g/mol. The lowest BCUT2D eigenvalue weighted by Gasteiger charge is -2.01. The number of carbonyl (C=O) groups is 2. The van der Waals surface area contributed by atoms with E-state index in [4.69, 9.17) is 0 Å². The molecular formula is C19H17NO2. The maximum absolute atomic E-state index is 11.9. The normalized spacial score (nSPS) is 9.55. The van der Waals surface area contributed by atoms with Crippen LogP contribution in [0, 0.1) is 18.8 Å². The van der Waals surface area contributed by atoms with Crippen LogP contribution in [-0.2, 0) is 0 Å². The summed E-state index contributed by atoms with van der Waals surface area (Å²) in [6.45, 7) is 3.78. The summed E-state index contributed by atoms with van der Waals surface area (Å²) in [6, 6.07) is 14.5. The van der Waals surface area contributed by atoms with Crippen LogP contribution in [0.2, 0.25) is 0 Å². The van der Waals surface area contributed by atoms with E-state index in [0.717, 1.165) is 11.1 Å². The lowest BCUT2D eigenvalue weighted by Crippen LogP contribution is -2.23. The lowest BCUT2D eigenvalue weighted by molar-refractivity contribution is 0.0957. The van der Waals surface area contributed by atoms with Crippen molar-refractivity contribution in [2.75, 3.05) is 6.54 Å². The van der Waals surface area contributed by atoms with Crippen molar-refractivity contribution in [1.29, 1.82) is 0 Å². The van der Waals surface area contributed by atoms with Crippen LogP contribution in [0.5, 0.6) is 0 Å². The van der Waals surface area contributed by atoms with Crippen LogP contribution in [0.15, 0.2) is 48.5 Å². The highest BCUT2D eigenvalue weighted by Crippen LogP contribution is 2.04. The van der Waals surface area contributed by atoms with Crippen LogP contribution in [0.1, 0.15) is 38.8 Å². The molecule has 2 aromatic carbocycles. The van der Waals surface area contributed by atoms with E-state index in [2.05, 4.69) is 17.2 Å². The summed E-state index contributed by atoms with van der Waals surface area (Å²) >= 11 is 0. The molecule has 0 heterocycles. The molecule has 0 radical (unpaired) electrons. The van der Waals surface area contributed by atoms with Gasteiger partial charge in [0.2, 0.25) is 0 Å². The number of ketones is 1. The molecule has 0 spiro atoms. The zero-order chi connectivity index (χ0) is 15.9. The molecule has 0 fully saturated rings. The van der Waals surface area contributed by atoms with Gasteiger partial charge in [-0.1, -0.05) is 41.7 Å². The second-order valence-electron chi connectivity index (χ2n) is 4.98. The largest absolute Gasteiger partial charge is 0.341 e. The Kier molecular flexibility index (Phi) is 5.11. The molecule has 0 bridgehead atoms. The third kappa shape index (κ3) is 4.32. The molecule has 3 heteroatoms. The first-order valence-electron chi connectivity index (χ1n) is 7.01. The smallest absolute Gasteiger partial charge is 0.252 e. The van der Waals surface area contributed by atoms with Crippen LogP contribution in [0.4, 0.5) is 0 Å². The highest BCUT2D eigenvalue weighted by Gasteiger charge is 2.02. The number of nitrogens with one attached hydrogen (secondary N) is 1. The maximum Gasteiger partial charge on any atom is 0.252 e. The van der Waals surface area contributed by atoms with Crippen molar-refractivity contribution in [3.05, 3.63) is 70.8 Å². The predicted octanol–water partition coefficient (Wildman–Crippen LogP) is 2.98. The minimum Gasteiger partial charge on any atom is -0.341 e. The van der Waals surface area contributed by atoms with Gasteiger partial charge >= 0.3 is 0 Å². The maximum atomic E-state index is 11.9. The average molecular weight is 291 g/mol. The molecule has 3 nitrogen and oxygen atoms in total. The number of rotatable bonds is 3. The molecule has 1 amide bonds. The molecule has 0 aliphatic rings. The molecule has 0 unspecified atom stereocenters. The molecule has 0 aliphatic carbocycles. The van der Waals surface area contributed by atoms with E-state index < -0.39 is 0 Å². The van der Waals surface area contributed by atoms with Gasteiger partial charge in [-0.15, -0.1) is 0 Å². The van der Waals surface area contributed by atoms with Crippen LogP contribution in [-0.4, -0.2) is 18.2 Å². The van der Waals surface area contributed by atoms with Gasteiger partial charge in [0.25, 0.3) is 5.91 Å². The van der Waals surface area contributed by atoms with Crippen LogP contribution >= 0.6 is 0 Å². The number of Topliss-reactive ketones (excluding diaryl/α,β-unsaturated/α-hetero) is 1. The minimum atomic E-state index is -0.138. The summed E-state index contributed by atoms with van der Waals surface area (Å²) < 4.78 is 0. The average Bonchev–Trinajstić information content (AvgIpc) is 2.52. The van der Waals surface area contributed by atoms with Crippen molar-refractivity contribution < 1.29 is 9.59 Å². The summed E-state index contributed by atoms with van der Waals surface area (Å²) in [5.74, 6) is 5.74. The Morgan fingerprint density at radius 1 is 0.955 bits per heavy atom. The fourth-order valence-electron chi connectivity index (χ4n) is 1.87. The Labute approximate surface area is 130 Å². The summed E-state index contributed by atoms with van der Waals surface area (Å²) in [5, 5.41) is 2.75. The Morgan fingerprint density at radius 2 is 1.55 bits per heavy atom. The summed E-state index contributed by atoms with van der Waals surface area (Å²) in [4.78, 5) is 23.0. The van der Waals surface area contributed by atoms with Crippen LogP contribution in [0.3, 0.4) is 0 Å². The first-order valence-corrected chi connectivity index (χ1v) is 7.01. The van der Waals surface area contributed by atoms with Gasteiger partial charge in [0.1, 0.15) is 0 Å². The number of benzene rings is 2. The van der Waals surface area contributed by atoms with Crippen molar-refractivity contribution >= 4 is 11.7 Å². The van der Waals surface area contributed by atoms with Gasteiger partial charge in [-0.2, -0.15) is 0 Å². The second kappa shape index (κ2) is 7.24. The summed E-state index contributed by atoms with van der Waals surface area (Å²) in [5.41, 5.74) is 3.22.